The van der Waals surface area contributed by atoms with Gasteiger partial charge in [0.05, 0.1) is 64.6 Å². The molecule has 4 atom stereocenters. The topological polar surface area (TPSA) is 136 Å². The highest BCUT2D eigenvalue weighted by atomic mass is 16.5. The smallest absolute Gasteiger partial charge is 0.134 e. The van der Waals surface area contributed by atoms with Gasteiger partial charge in [-0.05, 0) is 37.1 Å². The van der Waals surface area contributed by atoms with Crippen LogP contribution < -0.4 is 18.9 Å². The van der Waals surface area contributed by atoms with Gasteiger partial charge in [0.15, 0.2) is 0 Å². The van der Waals surface area contributed by atoms with Crippen LogP contribution in [0.4, 0.5) is 0 Å². The molecule has 0 unspecified atom stereocenters. The molecule has 6 rings (SSSR count). The van der Waals surface area contributed by atoms with Gasteiger partial charge in [0.25, 0.3) is 0 Å². The standard InChI is InChI=1S/C32H34O10/c1-13-29(33)27-19(11-41-13)31(35)23-17(7-15(37-3)9-21(23)39-5)25(27)26-18-8-16(38-4)10-22(40-6)24(18)32(36)20-12-42-14(2)30(34)28(20)26/h7-10,13-14,29-30,33-36H,11-12H2,1-6H3/t13-,14-,29-,30+/m1/s1. The van der Waals surface area contributed by atoms with Crippen molar-refractivity contribution in [2.24, 2.45) is 0 Å². The Morgan fingerprint density at radius 3 is 1.33 bits per heavy atom. The summed E-state index contributed by atoms with van der Waals surface area (Å²) in [6.45, 7) is 3.58. The number of aliphatic hydroxyl groups excluding tert-OH is 2. The maximum absolute atomic E-state index is 11.7. The predicted molar refractivity (Wildman–Crippen MR) is 155 cm³/mol. The predicted octanol–water partition coefficient (Wildman–Crippen LogP) is 5.01. The summed E-state index contributed by atoms with van der Waals surface area (Å²) in [5.41, 5.74) is 2.73. The molecule has 10 heteroatoms. The third-order valence-corrected chi connectivity index (χ3v) is 8.55. The molecule has 0 radical (unpaired) electrons. The molecular weight excluding hydrogens is 544 g/mol. The lowest BCUT2D eigenvalue weighted by atomic mass is 9.77. The molecule has 10 nitrogen and oxygen atoms in total. The van der Waals surface area contributed by atoms with Gasteiger partial charge in [0, 0.05) is 45.2 Å². The highest BCUT2D eigenvalue weighted by Gasteiger charge is 2.39. The van der Waals surface area contributed by atoms with Gasteiger partial charge in [0.1, 0.15) is 46.7 Å². The van der Waals surface area contributed by atoms with E-state index in [1.807, 2.05) is 0 Å². The summed E-state index contributed by atoms with van der Waals surface area (Å²) in [7, 11) is 6.05. The number of hydrogen-bond acceptors (Lipinski definition) is 10. The molecule has 0 saturated heterocycles. The number of phenolic OH excluding ortho intramolecular Hbond substituents is 2. The van der Waals surface area contributed by atoms with Crippen molar-refractivity contribution in [3.8, 4) is 45.6 Å². The van der Waals surface area contributed by atoms with Crippen LogP contribution in [0, 0.1) is 0 Å². The summed E-state index contributed by atoms with van der Waals surface area (Å²) in [5.74, 6) is 1.45. The van der Waals surface area contributed by atoms with E-state index >= 15 is 0 Å². The van der Waals surface area contributed by atoms with Crippen molar-refractivity contribution in [2.45, 2.75) is 51.5 Å². The first kappa shape index (κ1) is 28.2. The number of benzene rings is 4. The van der Waals surface area contributed by atoms with Gasteiger partial charge in [-0.15, -0.1) is 0 Å². The van der Waals surface area contributed by atoms with Gasteiger partial charge in [0.2, 0.25) is 0 Å². The van der Waals surface area contributed by atoms with Gasteiger partial charge in [-0.1, -0.05) is 0 Å². The average molecular weight is 579 g/mol. The number of rotatable bonds is 5. The monoisotopic (exact) mass is 578 g/mol. The first-order valence-corrected chi connectivity index (χ1v) is 13.6. The Labute approximate surface area is 242 Å². The summed E-state index contributed by atoms with van der Waals surface area (Å²) in [4.78, 5) is 0. The maximum Gasteiger partial charge on any atom is 0.134 e. The lowest BCUT2D eigenvalue weighted by Crippen LogP contribution is -2.28. The van der Waals surface area contributed by atoms with E-state index in [1.54, 1.807) is 38.1 Å². The van der Waals surface area contributed by atoms with E-state index in [-0.39, 0.29) is 24.7 Å². The highest BCUT2D eigenvalue weighted by molar-refractivity contribution is 6.15. The van der Waals surface area contributed by atoms with Crippen LogP contribution in [0.3, 0.4) is 0 Å². The van der Waals surface area contributed by atoms with Crippen LogP contribution >= 0.6 is 0 Å². The van der Waals surface area contributed by atoms with Crippen LogP contribution in [-0.2, 0) is 22.7 Å². The van der Waals surface area contributed by atoms with Crippen LogP contribution in [0.2, 0.25) is 0 Å². The van der Waals surface area contributed by atoms with Crippen LogP contribution in [-0.4, -0.2) is 61.1 Å². The summed E-state index contributed by atoms with van der Waals surface area (Å²) in [6, 6.07) is 6.86. The Balaban J connectivity index is 1.95. The quantitative estimate of drug-likeness (QED) is 0.256. The zero-order valence-corrected chi connectivity index (χ0v) is 24.3. The second-order valence-electron chi connectivity index (χ2n) is 10.7. The zero-order valence-electron chi connectivity index (χ0n) is 24.3. The second kappa shape index (κ2) is 10.4. The van der Waals surface area contributed by atoms with Crippen molar-refractivity contribution < 1.29 is 48.8 Å². The van der Waals surface area contributed by atoms with E-state index < -0.39 is 24.4 Å². The first-order valence-electron chi connectivity index (χ1n) is 13.6. The van der Waals surface area contributed by atoms with Gasteiger partial charge in [-0.25, -0.2) is 0 Å². The first-order chi connectivity index (χ1) is 20.2. The summed E-state index contributed by atoms with van der Waals surface area (Å²) >= 11 is 0. The Bertz CT molecular complexity index is 1600. The zero-order chi connectivity index (χ0) is 30.0. The minimum atomic E-state index is -1.14. The van der Waals surface area contributed by atoms with Crippen molar-refractivity contribution in [1.29, 1.82) is 0 Å². The Kier molecular flexibility index (Phi) is 6.97. The lowest BCUT2D eigenvalue weighted by Gasteiger charge is -2.36. The van der Waals surface area contributed by atoms with Crippen LogP contribution in [0.15, 0.2) is 24.3 Å². The maximum atomic E-state index is 11.7. The SMILES string of the molecule is COc1cc(OC)c2c(O)c3c(c(-c4c5c(c(O)c6c(OC)cc(OC)cc46)CO[C@H](C)[C@H]5O)c2c1)[C@@H](O)[C@@H](C)OC3. The number of fused-ring (bicyclic) bond motifs is 4. The molecule has 0 amide bonds. The molecule has 42 heavy (non-hydrogen) atoms. The van der Waals surface area contributed by atoms with E-state index in [1.165, 1.54) is 28.4 Å². The number of phenols is 2. The number of aliphatic hydroxyl groups is 2. The molecule has 0 aromatic heterocycles. The molecule has 222 valence electrons. The molecule has 0 bridgehead atoms. The van der Waals surface area contributed by atoms with Crippen molar-refractivity contribution in [3.63, 3.8) is 0 Å². The van der Waals surface area contributed by atoms with E-state index in [9.17, 15) is 20.4 Å². The van der Waals surface area contributed by atoms with Gasteiger partial charge >= 0.3 is 0 Å². The molecule has 2 heterocycles. The molecule has 2 aliphatic rings. The minimum Gasteiger partial charge on any atom is -0.507 e. The molecule has 4 N–H and O–H groups in total. The normalized spacial score (nSPS) is 21.6. The number of methoxy groups -OCH3 is 4. The summed E-state index contributed by atoms with van der Waals surface area (Å²) in [6.07, 6.45) is -3.48. The summed E-state index contributed by atoms with van der Waals surface area (Å²) in [5, 5.41) is 48.4. The molecule has 4 aromatic rings. The number of hydrogen-bond donors (Lipinski definition) is 4. The molecule has 0 saturated carbocycles. The van der Waals surface area contributed by atoms with Crippen molar-refractivity contribution in [1.82, 2.24) is 0 Å². The van der Waals surface area contributed by atoms with Crippen LogP contribution in [0.5, 0.6) is 34.5 Å². The van der Waals surface area contributed by atoms with Gasteiger partial charge < -0.3 is 48.8 Å². The van der Waals surface area contributed by atoms with Gasteiger partial charge in [-0.3, -0.25) is 0 Å². The molecule has 4 aromatic carbocycles. The fourth-order valence-electron chi connectivity index (χ4n) is 6.33. The van der Waals surface area contributed by atoms with Crippen LogP contribution in [0.25, 0.3) is 32.7 Å². The largest absolute Gasteiger partial charge is 0.507 e. The Hall–Kier alpha value is -3.96. The fraction of sp³-hybridized carbons (Fsp3) is 0.375. The molecule has 0 spiro atoms. The van der Waals surface area contributed by atoms with Gasteiger partial charge in [-0.2, -0.15) is 0 Å². The number of aromatic hydroxyl groups is 2. The Morgan fingerprint density at radius 1 is 0.619 bits per heavy atom. The Morgan fingerprint density at radius 2 is 1.00 bits per heavy atom. The van der Waals surface area contributed by atoms with Crippen molar-refractivity contribution in [3.05, 3.63) is 46.5 Å². The molecular formula is C32H34O10. The summed E-state index contributed by atoms with van der Waals surface area (Å²) < 4.78 is 34.4. The third kappa shape index (κ3) is 3.94. The van der Waals surface area contributed by atoms with Crippen LogP contribution in [0.1, 0.15) is 48.3 Å². The molecule has 2 aliphatic heterocycles. The van der Waals surface area contributed by atoms with E-state index in [0.717, 1.165) is 0 Å². The van der Waals surface area contributed by atoms with E-state index in [0.29, 0.717) is 77.9 Å². The average Bonchev–Trinajstić information content (AvgIpc) is 3.00. The second-order valence-corrected chi connectivity index (χ2v) is 10.7. The van der Waals surface area contributed by atoms with E-state index in [2.05, 4.69) is 0 Å². The lowest BCUT2D eigenvalue weighted by molar-refractivity contribution is -0.0537. The minimum absolute atomic E-state index is 0.0322. The van der Waals surface area contributed by atoms with Crippen molar-refractivity contribution >= 4 is 21.5 Å². The fourth-order valence-corrected chi connectivity index (χ4v) is 6.33. The third-order valence-electron chi connectivity index (χ3n) is 8.55. The van der Waals surface area contributed by atoms with E-state index in [4.69, 9.17) is 28.4 Å². The molecule has 0 aliphatic carbocycles. The molecule has 0 fully saturated rings. The number of ether oxygens (including phenoxy) is 6. The van der Waals surface area contributed by atoms with Crippen molar-refractivity contribution in [2.75, 3.05) is 28.4 Å². The highest BCUT2D eigenvalue weighted by Crippen LogP contribution is 2.56.